The van der Waals surface area contributed by atoms with Crippen LogP contribution in [0.15, 0.2) is 36.4 Å². The SMILES string of the molecule is CC(C)(F)C[C@H](NC(=O)c1cc2c(F)cc(F)cc2[nH]1)C(=O)N1C[C@]2(C[C@H]1C(N)=O)C(=O)Nc1ccc(Cl)cc12. The number of hydrogen-bond donors (Lipinski definition) is 4. The van der Waals surface area contributed by atoms with Gasteiger partial charge in [-0.3, -0.25) is 19.2 Å². The molecule has 2 aliphatic rings. The van der Waals surface area contributed by atoms with E-state index in [1.807, 2.05) is 0 Å². The van der Waals surface area contributed by atoms with Crippen molar-refractivity contribution in [3.05, 3.63) is 64.3 Å². The molecule has 4 amide bonds. The molecule has 0 aliphatic carbocycles. The van der Waals surface area contributed by atoms with E-state index in [0.717, 1.165) is 17.0 Å². The summed E-state index contributed by atoms with van der Waals surface area (Å²) in [4.78, 5) is 56.3. The molecule has 0 saturated carbocycles. The Balaban J connectivity index is 1.48. The van der Waals surface area contributed by atoms with Gasteiger partial charge >= 0.3 is 0 Å². The van der Waals surface area contributed by atoms with Gasteiger partial charge in [0.2, 0.25) is 17.7 Å². The number of amides is 4. The quantitative estimate of drug-likeness (QED) is 0.358. The molecule has 9 nitrogen and oxygen atoms in total. The molecule has 2 aliphatic heterocycles. The third kappa shape index (κ3) is 4.76. The summed E-state index contributed by atoms with van der Waals surface area (Å²) in [5.74, 6) is -4.82. The molecule has 40 heavy (non-hydrogen) atoms. The van der Waals surface area contributed by atoms with Crippen molar-refractivity contribution in [3.63, 3.8) is 0 Å². The number of benzene rings is 2. The molecular formula is C27H25ClF3N5O4. The highest BCUT2D eigenvalue weighted by Crippen LogP contribution is 2.47. The first kappa shape index (κ1) is 27.5. The van der Waals surface area contributed by atoms with E-state index in [4.69, 9.17) is 17.3 Å². The van der Waals surface area contributed by atoms with Crippen molar-refractivity contribution in [2.45, 2.75) is 49.9 Å². The molecule has 3 heterocycles. The Morgan fingerprint density at radius 3 is 2.62 bits per heavy atom. The van der Waals surface area contributed by atoms with Crippen molar-refractivity contribution in [1.29, 1.82) is 0 Å². The largest absolute Gasteiger partial charge is 0.368 e. The molecule has 5 rings (SSSR count). The van der Waals surface area contributed by atoms with E-state index < -0.39 is 64.9 Å². The van der Waals surface area contributed by atoms with E-state index in [-0.39, 0.29) is 29.6 Å². The lowest BCUT2D eigenvalue weighted by molar-refractivity contribution is -0.139. The third-order valence-corrected chi connectivity index (χ3v) is 7.57. The average Bonchev–Trinajstić information content (AvgIpc) is 3.53. The summed E-state index contributed by atoms with van der Waals surface area (Å²) in [5, 5.41) is 5.47. The van der Waals surface area contributed by atoms with Gasteiger partial charge in [-0.15, -0.1) is 0 Å². The number of anilines is 1. The van der Waals surface area contributed by atoms with Gasteiger partial charge in [-0.2, -0.15) is 0 Å². The smallest absolute Gasteiger partial charge is 0.268 e. The Morgan fingerprint density at radius 1 is 1.23 bits per heavy atom. The molecule has 2 aromatic carbocycles. The highest BCUT2D eigenvalue weighted by atomic mass is 35.5. The number of halogens is 4. The fourth-order valence-corrected chi connectivity index (χ4v) is 5.71. The molecule has 5 N–H and O–H groups in total. The lowest BCUT2D eigenvalue weighted by Gasteiger charge is -2.30. The Bertz CT molecular complexity index is 1590. The first-order chi connectivity index (χ1) is 18.7. The Kier molecular flexibility index (Phi) is 6.56. The van der Waals surface area contributed by atoms with Gasteiger partial charge in [-0.25, -0.2) is 13.2 Å². The number of likely N-dealkylation sites (tertiary alicyclic amines) is 1. The first-order valence-corrected chi connectivity index (χ1v) is 12.8. The Morgan fingerprint density at radius 2 is 1.95 bits per heavy atom. The molecule has 1 saturated heterocycles. The zero-order valence-electron chi connectivity index (χ0n) is 21.4. The number of carbonyl (C=O) groups excluding carboxylic acids is 4. The van der Waals surface area contributed by atoms with Crippen molar-refractivity contribution in [2.75, 3.05) is 11.9 Å². The van der Waals surface area contributed by atoms with Crippen LogP contribution in [0.1, 0.15) is 42.7 Å². The monoisotopic (exact) mass is 575 g/mol. The van der Waals surface area contributed by atoms with Crippen LogP contribution in [-0.4, -0.2) is 57.8 Å². The molecule has 210 valence electrons. The third-order valence-electron chi connectivity index (χ3n) is 7.34. The van der Waals surface area contributed by atoms with Crippen molar-refractivity contribution in [3.8, 4) is 0 Å². The first-order valence-electron chi connectivity index (χ1n) is 12.4. The second-order valence-corrected chi connectivity index (χ2v) is 11.2. The van der Waals surface area contributed by atoms with E-state index >= 15 is 0 Å². The van der Waals surface area contributed by atoms with E-state index in [0.29, 0.717) is 22.3 Å². The molecule has 3 aromatic rings. The lowest BCUT2D eigenvalue weighted by Crippen LogP contribution is -2.54. The van der Waals surface area contributed by atoms with E-state index in [2.05, 4.69) is 15.6 Å². The molecule has 1 fully saturated rings. The molecule has 13 heteroatoms. The molecule has 0 bridgehead atoms. The van der Waals surface area contributed by atoms with Crippen LogP contribution in [0.3, 0.4) is 0 Å². The van der Waals surface area contributed by atoms with Crippen LogP contribution in [0.5, 0.6) is 0 Å². The van der Waals surface area contributed by atoms with Crippen LogP contribution in [0.25, 0.3) is 10.9 Å². The minimum absolute atomic E-state index is 0.0104. The van der Waals surface area contributed by atoms with Crippen LogP contribution >= 0.6 is 11.6 Å². The number of nitrogens with one attached hydrogen (secondary N) is 3. The highest BCUT2D eigenvalue weighted by molar-refractivity contribution is 6.31. The number of H-pyrrole nitrogens is 1. The van der Waals surface area contributed by atoms with Gasteiger partial charge < -0.3 is 26.3 Å². The molecular weight excluding hydrogens is 551 g/mol. The zero-order valence-corrected chi connectivity index (χ0v) is 22.2. The second kappa shape index (κ2) is 9.54. The summed E-state index contributed by atoms with van der Waals surface area (Å²) in [6, 6.07) is 4.83. The average molecular weight is 576 g/mol. The summed E-state index contributed by atoms with van der Waals surface area (Å²) >= 11 is 6.17. The van der Waals surface area contributed by atoms with Gasteiger partial charge in [0.25, 0.3) is 5.91 Å². The number of aromatic amines is 1. The van der Waals surface area contributed by atoms with E-state index in [1.54, 1.807) is 18.2 Å². The van der Waals surface area contributed by atoms with Crippen LogP contribution < -0.4 is 16.4 Å². The molecule has 0 radical (unpaired) electrons. The number of alkyl halides is 1. The van der Waals surface area contributed by atoms with Crippen LogP contribution in [0.2, 0.25) is 5.02 Å². The van der Waals surface area contributed by atoms with Crippen molar-refractivity contribution < 1.29 is 32.3 Å². The summed E-state index contributed by atoms with van der Waals surface area (Å²) in [5.41, 5.74) is 3.13. The maximum Gasteiger partial charge on any atom is 0.268 e. The van der Waals surface area contributed by atoms with Crippen LogP contribution in [0, 0.1) is 11.6 Å². The summed E-state index contributed by atoms with van der Waals surface area (Å²) in [7, 11) is 0. The fraction of sp³-hybridized carbons (Fsp3) is 0.333. The number of hydrogen-bond acceptors (Lipinski definition) is 4. The number of aromatic nitrogens is 1. The van der Waals surface area contributed by atoms with Gasteiger partial charge in [0.05, 0.1) is 10.9 Å². The fourth-order valence-electron chi connectivity index (χ4n) is 5.54. The van der Waals surface area contributed by atoms with Gasteiger partial charge in [0.1, 0.15) is 35.1 Å². The van der Waals surface area contributed by atoms with E-state index in [9.17, 15) is 32.3 Å². The van der Waals surface area contributed by atoms with Gasteiger partial charge in [0.15, 0.2) is 0 Å². The molecule has 0 unspecified atom stereocenters. The number of primary amides is 1. The number of nitrogens with zero attached hydrogens (tertiary/aromatic N) is 1. The predicted octanol–water partition coefficient (Wildman–Crippen LogP) is 3.31. The normalized spacial score (nSPS) is 21.0. The minimum atomic E-state index is -1.95. The lowest BCUT2D eigenvalue weighted by atomic mass is 9.79. The number of carbonyl (C=O) groups is 4. The molecule has 1 spiro atoms. The minimum Gasteiger partial charge on any atom is -0.368 e. The maximum absolute atomic E-state index is 14.9. The molecule has 1 aromatic heterocycles. The van der Waals surface area contributed by atoms with Crippen molar-refractivity contribution in [1.82, 2.24) is 15.2 Å². The summed E-state index contributed by atoms with van der Waals surface area (Å²) in [6.07, 6.45) is -0.635. The van der Waals surface area contributed by atoms with Gasteiger partial charge in [0, 0.05) is 35.1 Å². The Labute approximate surface area is 231 Å². The maximum atomic E-state index is 14.9. The molecule has 3 atom stereocenters. The number of rotatable bonds is 6. The summed E-state index contributed by atoms with van der Waals surface area (Å²) in [6.45, 7) is 2.15. The number of nitrogens with two attached hydrogens (primary N) is 1. The topological polar surface area (TPSA) is 137 Å². The second-order valence-electron chi connectivity index (χ2n) is 10.8. The van der Waals surface area contributed by atoms with Crippen molar-refractivity contribution >= 4 is 51.8 Å². The predicted molar refractivity (Wildman–Crippen MR) is 140 cm³/mol. The van der Waals surface area contributed by atoms with Gasteiger partial charge in [-0.05, 0) is 56.2 Å². The number of fused-ring (bicyclic) bond motifs is 3. The van der Waals surface area contributed by atoms with Gasteiger partial charge in [-0.1, -0.05) is 11.6 Å². The van der Waals surface area contributed by atoms with Crippen molar-refractivity contribution in [2.24, 2.45) is 5.73 Å². The highest BCUT2D eigenvalue weighted by Gasteiger charge is 2.58. The van der Waals surface area contributed by atoms with E-state index in [1.165, 1.54) is 13.8 Å². The standard InChI is InChI=1S/C27H25ClF3N5O4/c1-26(2,31)9-20(34-23(38)19-8-14-16(30)6-13(29)7-18(14)33-19)24(39)36-11-27(10-21(36)22(32)37)15-5-12(28)3-4-17(15)35-25(27)40/h3-8,20-21,33H,9-11H2,1-2H3,(H2,32,37)(H,34,38)(H,35,40)/t20-,21-,27-/m0/s1. The summed E-state index contributed by atoms with van der Waals surface area (Å²) < 4.78 is 42.7. The van der Waals surface area contributed by atoms with Crippen LogP contribution in [0.4, 0.5) is 18.9 Å². The zero-order chi connectivity index (χ0) is 29.1. The Hall–Kier alpha value is -4.06. The van der Waals surface area contributed by atoms with Crippen LogP contribution in [-0.2, 0) is 19.8 Å².